The Morgan fingerprint density at radius 3 is 2.40 bits per heavy atom. The van der Waals surface area contributed by atoms with E-state index in [1.54, 1.807) is 6.92 Å². The van der Waals surface area contributed by atoms with Gasteiger partial charge in [-0.25, -0.2) is 0 Å². The molecule has 0 aliphatic carbocycles. The van der Waals surface area contributed by atoms with Gasteiger partial charge in [0.25, 0.3) is 5.91 Å². The van der Waals surface area contributed by atoms with Gasteiger partial charge in [-0.2, -0.15) is 0 Å². The van der Waals surface area contributed by atoms with Crippen molar-refractivity contribution in [2.45, 2.75) is 33.7 Å². The molecule has 2 N–H and O–H groups in total. The Bertz CT molecular complexity index is 964. The van der Waals surface area contributed by atoms with Gasteiger partial charge < -0.3 is 10.3 Å². The van der Waals surface area contributed by atoms with Crippen LogP contribution in [-0.2, 0) is 0 Å². The molecule has 3 rings (SSSR count). The molecule has 0 fully saturated rings. The standard InChI is InChI=1S/C21H22N2O2/c1-12-19(15(4)24)14(3)22-20(12)21(25)23-13(2)17-11-7-9-16-8-5-6-10-18(16)17/h5-11,13,22H,1-4H3,(H,23,25)/t13-/m0/s1. The van der Waals surface area contributed by atoms with E-state index >= 15 is 0 Å². The van der Waals surface area contributed by atoms with Gasteiger partial charge in [0.1, 0.15) is 5.69 Å². The van der Waals surface area contributed by atoms with E-state index in [1.165, 1.54) is 6.92 Å². The van der Waals surface area contributed by atoms with Crippen molar-refractivity contribution in [3.8, 4) is 0 Å². The van der Waals surface area contributed by atoms with Crippen LogP contribution in [0.15, 0.2) is 42.5 Å². The molecule has 0 aliphatic rings. The lowest BCUT2D eigenvalue weighted by molar-refractivity contribution is 0.0934. The van der Waals surface area contributed by atoms with E-state index in [0.717, 1.165) is 22.0 Å². The first-order valence-corrected chi connectivity index (χ1v) is 8.38. The smallest absolute Gasteiger partial charge is 0.268 e. The summed E-state index contributed by atoms with van der Waals surface area (Å²) in [4.78, 5) is 27.5. The number of aromatic amines is 1. The molecule has 0 spiro atoms. The summed E-state index contributed by atoms with van der Waals surface area (Å²) >= 11 is 0. The number of carbonyl (C=O) groups is 2. The number of rotatable bonds is 4. The fraction of sp³-hybridized carbons (Fsp3) is 0.238. The van der Waals surface area contributed by atoms with Gasteiger partial charge in [-0.3, -0.25) is 9.59 Å². The van der Waals surface area contributed by atoms with Crippen molar-refractivity contribution in [3.05, 3.63) is 70.5 Å². The zero-order valence-corrected chi connectivity index (χ0v) is 14.9. The molecule has 4 heteroatoms. The van der Waals surface area contributed by atoms with Crippen LogP contribution in [0.25, 0.3) is 10.8 Å². The van der Waals surface area contributed by atoms with Crippen LogP contribution in [0.2, 0.25) is 0 Å². The van der Waals surface area contributed by atoms with E-state index in [0.29, 0.717) is 16.8 Å². The van der Waals surface area contributed by atoms with Crippen LogP contribution in [0.4, 0.5) is 0 Å². The van der Waals surface area contributed by atoms with E-state index < -0.39 is 0 Å². The van der Waals surface area contributed by atoms with Crippen molar-refractivity contribution in [1.29, 1.82) is 0 Å². The highest BCUT2D eigenvalue weighted by molar-refractivity contribution is 6.02. The Labute approximate surface area is 147 Å². The first-order valence-electron chi connectivity index (χ1n) is 8.38. The molecule has 0 radical (unpaired) electrons. The summed E-state index contributed by atoms with van der Waals surface area (Å²) in [5.41, 5.74) is 3.55. The second kappa shape index (κ2) is 6.55. The molecule has 1 atom stereocenters. The molecule has 25 heavy (non-hydrogen) atoms. The van der Waals surface area contributed by atoms with Crippen molar-refractivity contribution in [3.63, 3.8) is 0 Å². The van der Waals surface area contributed by atoms with Crippen molar-refractivity contribution in [2.75, 3.05) is 0 Å². The predicted molar refractivity (Wildman–Crippen MR) is 100 cm³/mol. The molecule has 0 saturated heterocycles. The number of H-pyrrole nitrogens is 1. The number of ketones is 1. The molecule has 1 aromatic heterocycles. The molecule has 0 saturated carbocycles. The minimum absolute atomic E-state index is 0.0348. The fourth-order valence-electron chi connectivity index (χ4n) is 3.48. The number of fused-ring (bicyclic) bond motifs is 1. The zero-order chi connectivity index (χ0) is 18.1. The van der Waals surface area contributed by atoms with Gasteiger partial charge in [0, 0.05) is 11.3 Å². The fourth-order valence-corrected chi connectivity index (χ4v) is 3.48. The number of hydrogen-bond acceptors (Lipinski definition) is 2. The van der Waals surface area contributed by atoms with Gasteiger partial charge in [-0.05, 0) is 49.6 Å². The van der Waals surface area contributed by atoms with Crippen molar-refractivity contribution in [1.82, 2.24) is 10.3 Å². The average molecular weight is 334 g/mol. The summed E-state index contributed by atoms with van der Waals surface area (Å²) < 4.78 is 0. The van der Waals surface area contributed by atoms with Gasteiger partial charge in [0.2, 0.25) is 0 Å². The maximum Gasteiger partial charge on any atom is 0.268 e. The number of aryl methyl sites for hydroxylation is 1. The zero-order valence-electron chi connectivity index (χ0n) is 14.9. The van der Waals surface area contributed by atoms with E-state index in [2.05, 4.69) is 28.5 Å². The van der Waals surface area contributed by atoms with Gasteiger partial charge in [-0.15, -0.1) is 0 Å². The highest BCUT2D eigenvalue weighted by atomic mass is 16.2. The highest BCUT2D eigenvalue weighted by Crippen LogP contribution is 2.25. The van der Waals surface area contributed by atoms with Gasteiger partial charge in [0.15, 0.2) is 5.78 Å². The Balaban J connectivity index is 1.91. The predicted octanol–water partition coefficient (Wildman–Crippen LogP) is 4.48. The Kier molecular flexibility index (Phi) is 4.45. The summed E-state index contributed by atoms with van der Waals surface area (Å²) in [5, 5.41) is 5.32. The Morgan fingerprint density at radius 2 is 1.72 bits per heavy atom. The molecule has 0 aliphatic heterocycles. The number of amides is 1. The molecule has 0 unspecified atom stereocenters. The lowest BCUT2D eigenvalue weighted by atomic mass is 9.99. The van der Waals surface area contributed by atoms with E-state index in [9.17, 15) is 9.59 Å². The van der Waals surface area contributed by atoms with Crippen molar-refractivity contribution >= 4 is 22.5 Å². The number of Topliss-reactive ketones (excluding diaryl/α,β-unsaturated/α-hetero) is 1. The second-order valence-electron chi connectivity index (χ2n) is 6.44. The van der Waals surface area contributed by atoms with Crippen LogP contribution < -0.4 is 5.32 Å². The molecule has 0 bridgehead atoms. The molecule has 128 valence electrons. The summed E-state index contributed by atoms with van der Waals surface area (Å²) in [6, 6.07) is 14.1. The van der Waals surface area contributed by atoms with Crippen LogP contribution in [0.3, 0.4) is 0 Å². The van der Waals surface area contributed by atoms with E-state index in [4.69, 9.17) is 0 Å². The molecule has 3 aromatic rings. The quantitative estimate of drug-likeness (QED) is 0.691. The third-order valence-electron chi connectivity index (χ3n) is 4.65. The minimum Gasteiger partial charge on any atom is -0.354 e. The SMILES string of the molecule is CC(=O)c1c(C)[nH]c(C(=O)N[C@@H](C)c2cccc3ccccc23)c1C. The van der Waals surface area contributed by atoms with Crippen molar-refractivity contribution in [2.24, 2.45) is 0 Å². The van der Waals surface area contributed by atoms with Gasteiger partial charge in [0.05, 0.1) is 6.04 Å². The van der Waals surface area contributed by atoms with Crippen LogP contribution in [0.5, 0.6) is 0 Å². The van der Waals surface area contributed by atoms with E-state index in [1.807, 2.05) is 38.1 Å². The largest absolute Gasteiger partial charge is 0.354 e. The third kappa shape index (κ3) is 3.07. The summed E-state index contributed by atoms with van der Waals surface area (Å²) in [6.07, 6.45) is 0. The number of carbonyl (C=O) groups excluding carboxylic acids is 2. The number of aromatic nitrogens is 1. The maximum atomic E-state index is 12.7. The lowest BCUT2D eigenvalue weighted by Crippen LogP contribution is -2.27. The van der Waals surface area contributed by atoms with Crippen LogP contribution in [0.1, 0.15) is 57.6 Å². The summed E-state index contributed by atoms with van der Waals surface area (Å²) in [6.45, 7) is 7.10. The highest BCUT2D eigenvalue weighted by Gasteiger charge is 2.21. The monoisotopic (exact) mass is 334 g/mol. The average Bonchev–Trinajstić information content (AvgIpc) is 2.88. The first-order chi connectivity index (χ1) is 11.9. The second-order valence-corrected chi connectivity index (χ2v) is 6.44. The Hall–Kier alpha value is -2.88. The van der Waals surface area contributed by atoms with Gasteiger partial charge in [-0.1, -0.05) is 42.5 Å². The lowest BCUT2D eigenvalue weighted by Gasteiger charge is -2.16. The maximum absolute atomic E-state index is 12.7. The number of nitrogens with one attached hydrogen (secondary N) is 2. The minimum atomic E-state index is -0.200. The molecule has 4 nitrogen and oxygen atoms in total. The molecule has 1 amide bonds. The number of benzene rings is 2. The molecular weight excluding hydrogens is 312 g/mol. The molecular formula is C21H22N2O2. The van der Waals surface area contributed by atoms with Crippen LogP contribution in [-0.4, -0.2) is 16.7 Å². The van der Waals surface area contributed by atoms with Gasteiger partial charge >= 0.3 is 0 Å². The van der Waals surface area contributed by atoms with Crippen LogP contribution >= 0.6 is 0 Å². The third-order valence-corrected chi connectivity index (χ3v) is 4.65. The topological polar surface area (TPSA) is 62.0 Å². The molecule has 2 aromatic carbocycles. The van der Waals surface area contributed by atoms with E-state index in [-0.39, 0.29) is 17.7 Å². The summed E-state index contributed by atoms with van der Waals surface area (Å²) in [7, 11) is 0. The first kappa shape index (κ1) is 17.0. The Morgan fingerprint density at radius 1 is 1.04 bits per heavy atom. The number of hydrogen-bond donors (Lipinski definition) is 2. The summed E-state index contributed by atoms with van der Waals surface area (Å²) in [5.74, 6) is -0.235. The van der Waals surface area contributed by atoms with Crippen molar-refractivity contribution < 1.29 is 9.59 Å². The molecule has 1 heterocycles. The van der Waals surface area contributed by atoms with Crippen LogP contribution in [0, 0.1) is 13.8 Å². The normalized spacial score (nSPS) is 12.2.